The minimum Gasteiger partial charge on any atom is -0.687 e. The quantitative estimate of drug-likeness (QED) is 0.0312. The summed E-state index contributed by atoms with van der Waals surface area (Å²) in [6.45, 7) is 5.96. The molecule has 0 N–H and O–H groups in total. The Hall–Kier alpha value is 2.76. The molecule has 0 aromatic carbocycles. The zero-order chi connectivity index (χ0) is 42.3. The van der Waals surface area contributed by atoms with Crippen LogP contribution in [0, 0.1) is 11.8 Å². The molecule has 0 aliphatic rings. The number of carbonyl (C=O) groups is 1. The van der Waals surface area contributed by atoms with Crippen LogP contribution >= 0.6 is 31.8 Å². The van der Waals surface area contributed by atoms with Crippen molar-refractivity contribution < 1.29 is 215 Å². The number of hydrogen-bond acceptors (Lipinski definition) is 19. The maximum atomic E-state index is 13.2. The number of hydrogen-bond donors (Lipinski definition) is 0. The third kappa shape index (κ3) is 27.2. The van der Waals surface area contributed by atoms with E-state index in [2.05, 4.69) is 27.0 Å². The number of aliphatic carboxylic acids is 1. The second-order valence-corrected chi connectivity index (χ2v) is 19.3. The van der Waals surface area contributed by atoms with E-state index in [1.807, 2.05) is 0 Å². The number of rotatable bonds is 26. The Bertz CT molecular complexity index is 1670. The summed E-state index contributed by atoms with van der Waals surface area (Å²) < 4.78 is 23.9. The molecule has 0 atom stereocenters. The Morgan fingerprint density at radius 2 is 1.03 bits per heavy atom. The van der Waals surface area contributed by atoms with E-state index in [4.69, 9.17) is 18.1 Å². The fourth-order valence-electron chi connectivity index (χ4n) is 5.36. The molecule has 0 amide bonds. The Morgan fingerprint density at radius 3 is 1.37 bits per heavy atom. The van der Waals surface area contributed by atoms with Gasteiger partial charge < -0.3 is 49.0 Å². The molecule has 0 spiro atoms. The minimum atomic E-state index is -5.12. The maximum absolute atomic E-state index is 13.2. The molecular formula is C32H46N7Na5O14P4. The van der Waals surface area contributed by atoms with E-state index in [9.17, 15) is 49.0 Å². The molecule has 3 aromatic heterocycles. The van der Waals surface area contributed by atoms with Gasteiger partial charge in [0.2, 0.25) is 0 Å². The van der Waals surface area contributed by atoms with Crippen LogP contribution in [0.4, 0.5) is 0 Å². The van der Waals surface area contributed by atoms with Crippen LogP contribution in [0.15, 0.2) is 36.7 Å². The average molecular weight is 992 g/mol. The van der Waals surface area contributed by atoms with Crippen LogP contribution in [0.1, 0.15) is 70.3 Å². The molecule has 21 nitrogen and oxygen atoms in total. The predicted molar refractivity (Wildman–Crippen MR) is 194 cm³/mol. The fraction of sp³-hybridized carbons (Fsp3) is 0.562. The molecule has 0 radical (unpaired) electrons. The van der Waals surface area contributed by atoms with Gasteiger partial charge >= 0.3 is 148 Å². The molecule has 62 heavy (non-hydrogen) atoms. The van der Waals surface area contributed by atoms with E-state index in [1.54, 1.807) is 39.8 Å². The van der Waals surface area contributed by atoms with Gasteiger partial charge in [-0.2, -0.15) is 10.2 Å². The van der Waals surface area contributed by atoms with Crippen molar-refractivity contribution in [3.63, 3.8) is 0 Å². The van der Waals surface area contributed by atoms with Gasteiger partial charge in [0.25, 0.3) is 15.9 Å². The van der Waals surface area contributed by atoms with Gasteiger partial charge in [-0.1, -0.05) is 11.8 Å². The molecule has 0 saturated carbocycles. The Balaban J connectivity index is -0.00000696. The molecule has 3 heterocycles. The van der Waals surface area contributed by atoms with Crippen molar-refractivity contribution in [2.24, 2.45) is 0 Å². The summed E-state index contributed by atoms with van der Waals surface area (Å²) in [5.41, 5.74) is 0.971. The van der Waals surface area contributed by atoms with Gasteiger partial charge in [0.1, 0.15) is 0 Å². The molecule has 318 valence electrons. The first-order chi connectivity index (χ1) is 26.8. The molecule has 30 heteroatoms. The van der Waals surface area contributed by atoms with Crippen molar-refractivity contribution in [1.29, 1.82) is 0 Å². The van der Waals surface area contributed by atoms with Crippen LogP contribution in [0.25, 0.3) is 11.6 Å². The zero-order valence-electron chi connectivity index (χ0n) is 37.0. The number of aromatic nitrogens is 5. The predicted octanol–water partition coefficient (Wildman–Crippen LogP) is -18.4. The molecule has 0 aliphatic carbocycles. The summed E-state index contributed by atoms with van der Waals surface area (Å²) in [6, 6.07) is 6.26. The van der Waals surface area contributed by atoms with E-state index in [1.165, 1.54) is 33.9 Å². The van der Waals surface area contributed by atoms with E-state index in [0.29, 0.717) is 24.8 Å². The van der Waals surface area contributed by atoms with Gasteiger partial charge in [-0.15, -0.1) is 15.9 Å². The minimum absolute atomic E-state index is 0. The molecule has 0 unspecified atom stereocenters. The molecular weight excluding hydrogens is 945 g/mol. The Kier molecular flexibility index (Phi) is 38.0. The van der Waals surface area contributed by atoms with E-state index < -0.39 is 62.9 Å². The van der Waals surface area contributed by atoms with Crippen molar-refractivity contribution in [3.05, 3.63) is 53.6 Å². The van der Waals surface area contributed by atoms with Crippen LogP contribution in [0.3, 0.4) is 0 Å². The molecule has 0 fully saturated rings. The van der Waals surface area contributed by atoms with Gasteiger partial charge in [-0.3, -0.25) is 0 Å². The van der Waals surface area contributed by atoms with E-state index in [0.717, 1.165) is 9.80 Å². The van der Waals surface area contributed by atoms with Crippen LogP contribution < -0.4 is 192 Å². The second kappa shape index (κ2) is 34.1. The molecule has 0 bridgehead atoms. The number of unbranched alkanes of at least 4 members (excludes halogenated alkanes) is 2. The smallest absolute Gasteiger partial charge is 0.687 e. The maximum Gasteiger partial charge on any atom is 1.00 e. The summed E-state index contributed by atoms with van der Waals surface area (Å²) in [6.07, 6.45) is 1.23. The molecule has 0 aliphatic heterocycles. The summed E-state index contributed by atoms with van der Waals surface area (Å²) >= 11 is 0. The normalized spacial score (nSPS) is 11.7. The first-order valence-corrected chi connectivity index (χ1v) is 24.7. The monoisotopic (exact) mass is 991 g/mol. The van der Waals surface area contributed by atoms with Crippen LogP contribution in [-0.2, 0) is 36.0 Å². The number of pyridine rings is 1. The number of carboxylic acid groups (broad SMARTS) is 1. The van der Waals surface area contributed by atoms with Crippen molar-refractivity contribution in [2.45, 2.75) is 66.5 Å². The summed E-state index contributed by atoms with van der Waals surface area (Å²) in [5.74, 6) is 5.27. The summed E-state index contributed by atoms with van der Waals surface area (Å²) in [5, 5.41) is 19.8. The fourth-order valence-corrected chi connectivity index (χ4v) is 10.5. The molecule has 0 saturated heterocycles. The van der Waals surface area contributed by atoms with Crippen molar-refractivity contribution >= 4 is 37.7 Å². The topological polar surface area (TPSA) is 317 Å². The number of carbonyl (C=O) groups excluding carboxylic acids is 1. The van der Waals surface area contributed by atoms with Crippen molar-refractivity contribution in [3.8, 4) is 23.5 Å². The summed E-state index contributed by atoms with van der Waals surface area (Å²) in [7, 11) is -17.9. The largest absolute Gasteiger partial charge is 1.00 e. The van der Waals surface area contributed by atoms with Gasteiger partial charge in [0, 0.05) is 43.4 Å². The SMILES string of the molecule is CCO[P+]([O-])(CN(Cc1ccn(-c2cc(C#CCCCCC(=O)[O-])cc(-n3ccc(CN(C[P+]([O-])([O-])[O-])C[P+]([O-])(OCC)OCC)n3)n2)n1)C[P+]([O-])([O-])[O-])OCC.[Na+].[Na+].[Na+].[Na+].[Na+]. The Labute approximate surface area is 475 Å². The average Bonchev–Trinajstić information content (AvgIpc) is 3.75. The summed E-state index contributed by atoms with van der Waals surface area (Å²) in [4.78, 5) is 115. The Morgan fingerprint density at radius 1 is 0.645 bits per heavy atom. The standard InChI is InChI=1S/C32H51N7O14P4.5Na/c1-5-50-56(48,51-6-2)25-36(23-54(42,43)44)21-28-15-17-38(34-28)30-19-27(13-11-9-10-12-14-32(40)41)20-31(33-30)39-18-16-29(35-39)22-37(24-55(45,46)47)26-57(49,52-7-3)53-8-4;;;;;/h15-20H,5-10,12,14,21-26H2,1-4H3,(H,40,41)(H2,42,43,44)(H2,45,46,47);;;;;/q;5*+1/p-5. The van der Waals surface area contributed by atoms with Crippen molar-refractivity contribution in [2.75, 3.05) is 51.6 Å². The second-order valence-electron chi connectivity index (χ2n) is 12.3. The molecule has 3 rings (SSSR count). The van der Waals surface area contributed by atoms with E-state index >= 15 is 0 Å². The first kappa shape index (κ1) is 69.0. The third-order valence-electron chi connectivity index (χ3n) is 7.29. The van der Waals surface area contributed by atoms with Crippen LogP contribution in [0.2, 0.25) is 0 Å². The third-order valence-corrected chi connectivity index (χ3v) is 12.9. The van der Waals surface area contributed by atoms with Gasteiger partial charge in [-0.05, 0) is 71.2 Å². The number of nitrogens with zero attached hydrogens (tertiary/aromatic N) is 7. The van der Waals surface area contributed by atoms with Gasteiger partial charge in [0.05, 0.1) is 50.4 Å². The molecule has 3 aromatic rings. The van der Waals surface area contributed by atoms with Crippen molar-refractivity contribution in [1.82, 2.24) is 34.3 Å². The first-order valence-electron chi connectivity index (χ1n) is 17.8. The van der Waals surface area contributed by atoms with Crippen LogP contribution in [0.5, 0.6) is 0 Å². The van der Waals surface area contributed by atoms with Gasteiger partial charge in [-0.25, -0.2) is 42.2 Å². The van der Waals surface area contributed by atoms with Gasteiger partial charge in [0.15, 0.2) is 24.2 Å². The number of carboxylic acids is 1. The zero-order valence-corrected chi connectivity index (χ0v) is 50.6. The van der Waals surface area contributed by atoms with E-state index in [-0.39, 0.29) is 217 Å². The van der Waals surface area contributed by atoms with Crippen LogP contribution in [-0.4, -0.2) is 91.9 Å².